The molecule has 2 N–H and O–H groups in total. The molecule has 0 spiro atoms. The highest BCUT2D eigenvalue weighted by Crippen LogP contribution is 2.23. The molecule has 0 aliphatic carbocycles. The van der Waals surface area contributed by atoms with Crippen LogP contribution in [0.1, 0.15) is 34.9 Å². The van der Waals surface area contributed by atoms with Crippen molar-refractivity contribution < 1.29 is 4.79 Å². The lowest BCUT2D eigenvalue weighted by Gasteiger charge is -2.22. The fourth-order valence-corrected chi connectivity index (χ4v) is 3.21. The minimum atomic E-state index is -0.158. The zero-order valence-electron chi connectivity index (χ0n) is 13.9. The zero-order chi connectivity index (χ0) is 16.2. The smallest absolute Gasteiger partial charge is 0.276 e. The van der Waals surface area contributed by atoms with Gasteiger partial charge in [-0.15, -0.1) is 24.2 Å². The van der Waals surface area contributed by atoms with Crippen molar-refractivity contribution in [2.75, 3.05) is 24.7 Å². The Morgan fingerprint density at radius 3 is 2.96 bits per heavy atom. The van der Waals surface area contributed by atoms with Crippen LogP contribution in [0.15, 0.2) is 35.4 Å². The number of halogens is 1. The number of hydrogen-bond donors (Lipinski definition) is 2. The average Bonchev–Trinajstić information content (AvgIpc) is 3.08. The number of anilines is 1. The zero-order valence-corrected chi connectivity index (χ0v) is 15.5. The van der Waals surface area contributed by atoms with E-state index in [1.165, 1.54) is 0 Å². The highest BCUT2D eigenvalue weighted by atomic mass is 35.5. The van der Waals surface area contributed by atoms with Gasteiger partial charge in [-0.3, -0.25) is 9.48 Å². The molecule has 5 nitrogen and oxygen atoms in total. The molecule has 1 unspecified atom stereocenters. The Hall–Kier alpha value is -1.50. The quantitative estimate of drug-likeness (QED) is 0.813. The number of amides is 1. The Labute approximate surface area is 153 Å². The van der Waals surface area contributed by atoms with Crippen LogP contribution < -0.4 is 10.6 Å². The number of carbonyl (C=O) groups is 1. The van der Waals surface area contributed by atoms with Gasteiger partial charge >= 0.3 is 0 Å². The largest absolute Gasteiger partial charge is 0.320 e. The average molecular weight is 367 g/mol. The molecule has 0 radical (unpaired) electrons. The summed E-state index contributed by atoms with van der Waals surface area (Å²) in [5.74, 6) is -0.158. The Morgan fingerprint density at radius 2 is 2.25 bits per heavy atom. The molecule has 1 atom stereocenters. The molecule has 1 saturated heterocycles. The number of thioether (sulfide) groups is 1. The van der Waals surface area contributed by atoms with Crippen molar-refractivity contribution >= 4 is 35.8 Å². The van der Waals surface area contributed by atoms with Crippen molar-refractivity contribution in [3.05, 3.63) is 41.7 Å². The summed E-state index contributed by atoms with van der Waals surface area (Å²) in [6.07, 6.45) is 6.17. The number of benzene rings is 1. The highest BCUT2D eigenvalue weighted by Gasteiger charge is 2.18. The lowest BCUT2D eigenvalue weighted by Crippen LogP contribution is -2.32. The fraction of sp³-hybridized carbons (Fsp3) is 0.412. The van der Waals surface area contributed by atoms with Crippen LogP contribution in [-0.2, 0) is 0 Å². The van der Waals surface area contributed by atoms with Gasteiger partial charge in [-0.1, -0.05) is 6.07 Å². The van der Waals surface area contributed by atoms with Crippen molar-refractivity contribution in [3.8, 4) is 0 Å². The van der Waals surface area contributed by atoms with Crippen LogP contribution >= 0.6 is 24.2 Å². The van der Waals surface area contributed by atoms with E-state index in [9.17, 15) is 4.79 Å². The van der Waals surface area contributed by atoms with E-state index >= 15 is 0 Å². The molecule has 0 bridgehead atoms. The monoisotopic (exact) mass is 366 g/mol. The second-order valence-electron chi connectivity index (χ2n) is 5.82. The van der Waals surface area contributed by atoms with Crippen LogP contribution in [0.5, 0.6) is 0 Å². The maximum atomic E-state index is 12.5. The van der Waals surface area contributed by atoms with Crippen molar-refractivity contribution in [2.45, 2.75) is 30.7 Å². The summed E-state index contributed by atoms with van der Waals surface area (Å²) >= 11 is 1.66. The van der Waals surface area contributed by atoms with Gasteiger partial charge in [0.1, 0.15) is 0 Å². The van der Waals surface area contributed by atoms with E-state index in [2.05, 4.69) is 21.8 Å². The molecule has 2 aromatic rings. The van der Waals surface area contributed by atoms with E-state index in [1.807, 2.05) is 36.2 Å². The number of carbonyl (C=O) groups excluding carboxylic acids is 1. The first kappa shape index (κ1) is 18.8. The molecule has 1 amide bonds. The summed E-state index contributed by atoms with van der Waals surface area (Å²) in [7, 11) is 0. The van der Waals surface area contributed by atoms with E-state index in [0.29, 0.717) is 11.7 Å². The first-order valence-corrected chi connectivity index (χ1v) is 9.11. The summed E-state index contributed by atoms with van der Waals surface area (Å²) in [5, 5.41) is 10.8. The van der Waals surface area contributed by atoms with Gasteiger partial charge in [-0.25, -0.2) is 0 Å². The number of aryl methyl sites for hydroxylation is 1. The number of nitrogens with one attached hydrogen (secondary N) is 2. The summed E-state index contributed by atoms with van der Waals surface area (Å²) in [6, 6.07) is 8.21. The van der Waals surface area contributed by atoms with E-state index in [0.717, 1.165) is 42.1 Å². The topological polar surface area (TPSA) is 59.0 Å². The maximum Gasteiger partial charge on any atom is 0.276 e. The minimum absolute atomic E-state index is 0. The van der Waals surface area contributed by atoms with Crippen molar-refractivity contribution in [3.63, 3.8) is 0 Å². The summed E-state index contributed by atoms with van der Waals surface area (Å²) < 4.78 is 1.91. The molecular weight excluding hydrogens is 344 g/mol. The molecule has 1 aliphatic heterocycles. The van der Waals surface area contributed by atoms with Crippen molar-refractivity contribution in [1.29, 1.82) is 0 Å². The first-order chi connectivity index (χ1) is 11.2. The lowest BCUT2D eigenvalue weighted by molar-refractivity contribution is 0.102. The summed E-state index contributed by atoms with van der Waals surface area (Å²) in [6.45, 7) is 3.97. The van der Waals surface area contributed by atoms with E-state index in [-0.39, 0.29) is 18.3 Å². The van der Waals surface area contributed by atoms with Crippen molar-refractivity contribution in [2.24, 2.45) is 0 Å². The first-order valence-electron chi connectivity index (χ1n) is 7.89. The van der Waals surface area contributed by atoms with Gasteiger partial charge in [0.25, 0.3) is 5.91 Å². The second-order valence-corrected chi connectivity index (χ2v) is 6.70. The van der Waals surface area contributed by atoms with Crippen LogP contribution in [0.4, 0.5) is 5.69 Å². The molecule has 1 aromatic carbocycles. The molecule has 1 aromatic heterocycles. The van der Waals surface area contributed by atoms with Crippen LogP contribution in [-0.4, -0.2) is 35.0 Å². The Bertz CT molecular complexity index is 698. The van der Waals surface area contributed by atoms with Gasteiger partial charge in [0.05, 0.1) is 6.04 Å². The van der Waals surface area contributed by atoms with Gasteiger partial charge in [-0.05, 0) is 56.3 Å². The van der Waals surface area contributed by atoms with E-state index < -0.39 is 0 Å². The number of nitrogens with zero attached hydrogens (tertiary/aromatic N) is 2. The minimum Gasteiger partial charge on any atom is -0.320 e. The number of rotatable bonds is 4. The summed E-state index contributed by atoms with van der Waals surface area (Å²) in [4.78, 5) is 13.6. The van der Waals surface area contributed by atoms with Gasteiger partial charge in [0.2, 0.25) is 0 Å². The lowest BCUT2D eigenvalue weighted by atomic mass is 10.1. The Morgan fingerprint density at radius 1 is 1.42 bits per heavy atom. The number of piperidine rings is 1. The third kappa shape index (κ3) is 4.32. The van der Waals surface area contributed by atoms with Crippen LogP contribution in [0.25, 0.3) is 0 Å². The SMILES string of the molecule is CSc1ccc(C)c(NC(=O)c2ccn(C3CCCNC3)n2)c1.Cl. The fourth-order valence-electron chi connectivity index (χ4n) is 2.77. The molecule has 1 fully saturated rings. The summed E-state index contributed by atoms with van der Waals surface area (Å²) in [5.41, 5.74) is 2.35. The molecular formula is C17H23ClN4OS. The predicted molar refractivity (Wildman–Crippen MR) is 102 cm³/mol. The van der Waals surface area contributed by atoms with Crippen LogP contribution in [0.2, 0.25) is 0 Å². The number of aromatic nitrogens is 2. The third-order valence-electron chi connectivity index (χ3n) is 4.18. The Kier molecular flexibility index (Phi) is 6.71. The molecule has 24 heavy (non-hydrogen) atoms. The Balaban J connectivity index is 0.00000208. The molecule has 2 heterocycles. The predicted octanol–water partition coefficient (Wildman–Crippen LogP) is 3.51. The molecule has 0 saturated carbocycles. The molecule has 130 valence electrons. The van der Waals surface area contributed by atoms with Crippen LogP contribution in [0, 0.1) is 6.92 Å². The molecule has 7 heteroatoms. The molecule has 1 aliphatic rings. The van der Waals surface area contributed by atoms with E-state index in [4.69, 9.17) is 0 Å². The normalized spacial score (nSPS) is 17.2. The van der Waals surface area contributed by atoms with Gasteiger partial charge < -0.3 is 10.6 Å². The number of hydrogen-bond acceptors (Lipinski definition) is 4. The van der Waals surface area contributed by atoms with E-state index in [1.54, 1.807) is 17.8 Å². The van der Waals surface area contributed by atoms with Gasteiger partial charge in [0.15, 0.2) is 5.69 Å². The highest BCUT2D eigenvalue weighted by molar-refractivity contribution is 7.98. The van der Waals surface area contributed by atoms with Crippen LogP contribution in [0.3, 0.4) is 0 Å². The second kappa shape index (κ2) is 8.55. The maximum absolute atomic E-state index is 12.5. The van der Waals surface area contributed by atoms with Gasteiger partial charge in [0, 0.05) is 23.3 Å². The third-order valence-corrected chi connectivity index (χ3v) is 4.90. The van der Waals surface area contributed by atoms with Crippen molar-refractivity contribution in [1.82, 2.24) is 15.1 Å². The molecule has 3 rings (SSSR count). The standard InChI is InChI=1S/C17H22N4OS.ClH/c1-12-5-6-14(23-2)10-16(12)19-17(22)15-7-9-21(20-15)13-4-3-8-18-11-13;/h5-7,9-10,13,18H,3-4,8,11H2,1-2H3,(H,19,22);1H. The van der Waals surface area contributed by atoms with Gasteiger partial charge in [-0.2, -0.15) is 5.10 Å².